The van der Waals surface area contributed by atoms with Crippen LogP contribution < -0.4 is 0 Å². The maximum absolute atomic E-state index is 12.3. The van der Waals surface area contributed by atoms with Gasteiger partial charge in [0.2, 0.25) is 0 Å². The molecule has 0 bridgehead atoms. The average molecular weight is 885 g/mol. The van der Waals surface area contributed by atoms with Gasteiger partial charge in [0.25, 0.3) is 30.4 Å². The lowest BCUT2D eigenvalue weighted by atomic mass is 10.2. The van der Waals surface area contributed by atoms with E-state index >= 15 is 0 Å². The molecule has 0 heterocycles. The molecule has 0 aliphatic rings. The van der Waals surface area contributed by atoms with E-state index in [9.17, 15) is 64.8 Å². The van der Waals surface area contributed by atoms with E-state index in [-0.39, 0.29) is 31.8 Å². The van der Waals surface area contributed by atoms with Crippen LogP contribution in [-0.4, -0.2) is 43.0 Å². The second-order valence-electron chi connectivity index (χ2n) is 11.4. The number of hydrogen-bond acceptors (Lipinski definition) is 8. The zero-order chi connectivity index (χ0) is 44.6. The molecular weight excluding hydrogens is 844 g/mol. The highest BCUT2D eigenvalue weighted by atomic mass is 32.2. The lowest BCUT2D eigenvalue weighted by Crippen LogP contribution is -2.12. The van der Waals surface area contributed by atoms with Gasteiger partial charge in [-0.2, -0.15) is 64.8 Å². The smallest absolute Gasteiger partial charge is 0.282 e. The van der Waals surface area contributed by atoms with Gasteiger partial charge in [0, 0.05) is 0 Å². The van der Waals surface area contributed by atoms with Gasteiger partial charge in [-0.3, -0.25) is 12.9 Å². The average Bonchev–Trinajstić information content (AvgIpc) is 3.12. The van der Waals surface area contributed by atoms with Crippen molar-refractivity contribution in [2.24, 2.45) is 5.92 Å². The molecule has 57 heavy (non-hydrogen) atoms. The fourth-order valence-electron chi connectivity index (χ4n) is 3.09. The molecule has 0 fully saturated rings. The molecule has 0 amide bonds. The van der Waals surface area contributed by atoms with Gasteiger partial charge >= 0.3 is 21.4 Å². The summed E-state index contributed by atoms with van der Waals surface area (Å²) in [6.45, 7) is 17.3. The van der Waals surface area contributed by atoms with E-state index in [1.54, 1.807) is 32.9 Å². The zero-order valence-corrected chi connectivity index (χ0v) is 33.1. The van der Waals surface area contributed by atoms with Gasteiger partial charge in [-0.25, -0.2) is 0 Å². The molecule has 0 radical (unpaired) electrons. The monoisotopic (exact) mass is 884 g/mol. The van der Waals surface area contributed by atoms with E-state index in [1.807, 2.05) is 6.92 Å². The van der Waals surface area contributed by atoms with Gasteiger partial charge in [0.05, 0.1) is 44.6 Å². The van der Waals surface area contributed by atoms with Crippen molar-refractivity contribution < 1.29 is 80.5 Å². The molecule has 0 aliphatic heterocycles. The van der Waals surface area contributed by atoms with Crippen LogP contribution in [0.15, 0.2) is 137 Å². The molecule has 0 saturated heterocycles. The molecule has 3 aromatic carbocycles. The number of hydrogen-bond donors (Lipinski definition) is 1. The maximum Gasteiger partial charge on any atom is 1.00 e. The standard InChI is InChI=1S/2C12H13F3O3S.C7H5F3O3S.C5H8/c2*1-3-9(2)8-18-19(16,17)11-6-4-10(5-7-11)12(13,14)15;8-7(9,10)5-1-3-6(4-2-5)14(11,12)13;1-4-5(2)3/h3-7H,8H2,1-2H3;3-7,9H,1,8H2,2H3;1-4H,(H,11,12,13);4H,1-2H2,3H3/p+2/b9-3+;;;. The highest BCUT2D eigenvalue weighted by Gasteiger charge is 2.32. The molecule has 1 atom stereocenters. The van der Waals surface area contributed by atoms with Crippen LogP contribution in [0, 0.1) is 5.92 Å². The number of benzene rings is 3. The number of rotatable bonds is 11. The Balaban J connectivity index is -0.000000748. The molecule has 1 N–H and O–H groups in total. The van der Waals surface area contributed by atoms with E-state index in [0.717, 1.165) is 29.8 Å². The van der Waals surface area contributed by atoms with Gasteiger partial charge in [0.1, 0.15) is 0 Å². The van der Waals surface area contributed by atoms with Crippen molar-refractivity contribution in [1.82, 2.24) is 0 Å². The summed E-state index contributed by atoms with van der Waals surface area (Å²) in [5.41, 5.74) is -1.06. The third-order valence-electron chi connectivity index (χ3n) is 6.59. The van der Waals surface area contributed by atoms with Crippen LogP contribution in [0.1, 0.15) is 47.2 Å². The highest BCUT2D eigenvalue weighted by molar-refractivity contribution is 7.87. The van der Waals surface area contributed by atoms with Gasteiger partial charge < -0.3 is 0 Å². The number of alkyl halides is 9. The first kappa shape index (κ1) is 52.7. The Bertz CT molecular complexity index is 2140. The Morgan fingerprint density at radius 3 is 1.21 bits per heavy atom. The normalized spacial score (nSPS) is 13.0. The minimum absolute atomic E-state index is 0. The van der Waals surface area contributed by atoms with Crippen LogP contribution in [0.4, 0.5) is 39.5 Å². The Kier molecular flexibility index (Phi) is 20.4. The maximum atomic E-state index is 12.3. The van der Waals surface area contributed by atoms with Crippen LogP contribution in [0.5, 0.6) is 0 Å². The van der Waals surface area contributed by atoms with Crippen molar-refractivity contribution >= 4 is 30.4 Å². The molecule has 0 aliphatic carbocycles. The fraction of sp³-hybridized carbons (Fsp3) is 0.278. The Morgan fingerprint density at radius 1 is 0.667 bits per heavy atom. The molecule has 0 saturated carbocycles. The SMILES string of the molecule is C/C=C(\C)COS(=O)(=O)c1ccc(C(F)(F)F)cc1.C=CC(=C)C.C=CC(C)COS(=O)(=O)c1ccc(C(F)(F)F)cc1.O=S(=O)(O)c1ccc(C(F)(F)F)cc1.[H+].[H+]. The molecule has 3 rings (SSSR count). The summed E-state index contributed by atoms with van der Waals surface area (Å²) < 4.78 is 196. The summed E-state index contributed by atoms with van der Waals surface area (Å²) >= 11 is 0. The van der Waals surface area contributed by atoms with Crippen LogP contribution in [0.2, 0.25) is 0 Å². The quantitative estimate of drug-likeness (QED) is 0.0655. The number of halogens is 9. The first-order valence-electron chi connectivity index (χ1n) is 15.6. The van der Waals surface area contributed by atoms with Crippen molar-refractivity contribution in [1.29, 1.82) is 0 Å². The third-order valence-corrected chi connectivity index (χ3v) is 10.0. The highest BCUT2D eigenvalue weighted by Crippen LogP contribution is 2.32. The molecule has 3 aromatic rings. The molecule has 0 aromatic heterocycles. The summed E-state index contributed by atoms with van der Waals surface area (Å²) in [6.07, 6.45) is -8.59. The second-order valence-corrected chi connectivity index (χ2v) is 16.0. The summed E-state index contributed by atoms with van der Waals surface area (Å²) in [7, 11) is -12.5. The van der Waals surface area contributed by atoms with Crippen LogP contribution in [0.25, 0.3) is 0 Å². The largest absolute Gasteiger partial charge is 1.00 e. The molecule has 0 spiro atoms. The van der Waals surface area contributed by atoms with E-state index < -0.39 is 70.5 Å². The molecule has 21 heteroatoms. The van der Waals surface area contributed by atoms with E-state index in [1.165, 1.54) is 6.08 Å². The van der Waals surface area contributed by atoms with E-state index in [0.29, 0.717) is 54.1 Å². The predicted molar refractivity (Wildman–Crippen MR) is 196 cm³/mol. The summed E-state index contributed by atoms with van der Waals surface area (Å²) in [4.78, 5) is -1.17. The van der Waals surface area contributed by atoms with Crippen LogP contribution in [-0.2, 0) is 57.2 Å². The van der Waals surface area contributed by atoms with Crippen molar-refractivity contribution in [3.05, 3.63) is 139 Å². The Hall–Kier alpha value is -4.28. The molecule has 1 unspecified atom stereocenters. The first-order chi connectivity index (χ1) is 25.8. The summed E-state index contributed by atoms with van der Waals surface area (Å²) in [5, 5.41) is 0. The summed E-state index contributed by atoms with van der Waals surface area (Å²) in [6, 6.07) is 8.88. The van der Waals surface area contributed by atoms with E-state index in [4.69, 9.17) is 12.9 Å². The minimum Gasteiger partial charge on any atom is -0.282 e. The fourth-order valence-corrected chi connectivity index (χ4v) is 5.52. The topological polar surface area (TPSA) is 141 Å². The zero-order valence-electron chi connectivity index (χ0n) is 32.6. The molecular formula is C36H41F9O9S3+2. The minimum atomic E-state index is -4.52. The van der Waals surface area contributed by atoms with Crippen molar-refractivity contribution in [2.75, 3.05) is 13.2 Å². The Labute approximate surface area is 328 Å². The van der Waals surface area contributed by atoms with Crippen LogP contribution >= 0.6 is 0 Å². The van der Waals surface area contributed by atoms with Crippen molar-refractivity contribution in [3.63, 3.8) is 0 Å². The summed E-state index contributed by atoms with van der Waals surface area (Å²) in [5.74, 6) is -0.177. The first-order valence-corrected chi connectivity index (χ1v) is 19.9. The second kappa shape index (κ2) is 22.0. The number of allylic oxidation sites excluding steroid dienone is 3. The van der Waals surface area contributed by atoms with Crippen molar-refractivity contribution in [2.45, 2.75) is 60.9 Å². The van der Waals surface area contributed by atoms with E-state index in [2.05, 4.69) is 19.7 Å². The van der Waals surface area contributed by atoms with Gasteiger partial charge in [-0.05, 0) is 99.5 Å². The predicted octanol–water partition coefficient (Wildman–Crippen LogP) is 10.5. The van der Waals surface area contributed by atoms with Gasteiger partial charge in [-0.15, -0.1) is 6.58 Å². The van der Waals surface area contributed by atoms with Gasteiger partial charge in [-0.1, -0.05) is 49.5 Å². The third kappa shape index (κ3) is 20.1. The lowest BCUT2D eigenvalue weighted by molar-refractivity contribution is -0.138. The van der Waals surface area contributed by atoms with Crippen LogP contribution in [0.3, 0.4) is 0 Å². The molecule has 318 valence electrons. The van der Waals surface area contributed by atoms with Crippen molar-refractivity contribution in [3.8, 4) is 0 Å². The van der Waals surface area contributed by atoms with Gasteiger partial charge in [0.15, 0.2) is 0 Å². The lowest BCUT2D eigenvalue weighted by Gasteiger charge is -2.10. The molecule has 9 nitrogen and oxygen atoms in total. The Morgan fingerprint density at radius 2 is 0.965 bits per heavy atom.